The largest absolute Gasteiger partial charge is 1.00 e. The molecule has 3 nitrogen and oxygen atoms in total. The van der Waals surface area contributed by atoms with Crippen LogP contribution >= 0.6 is 0 Å². The van der Waals surface area contributed by atoms with E-state index in [4.69, 9.17) is 5.73 Å². The van der Waals surface area contributed by atoms with Crippen LogP contribution in [0.2, 0.25) is 0 Å². The Morgan fingerprint density at radius 2 is 2.27 bits per heavy atom. The first-order valence-electron chi connectivity index (χ1n) is 3.16. The molecule has 0 aromatic rings. The van der Waals surface area contributed by atoms with Gasteiger partial charge in [-0.1, -0.05) is 6.58 Å². The van der Waals surface area contributed by atoms with E-state index in [0.29, 0.717) is 6.54 Å². The summed E-state index contributed by atoms with van der Waals surface area (Å²) in [7, 11) is 0. The molecule has 3 N–H and O–H groups in total. The molecule has 0 atom stereocenters. The quantitative estimate of drug-likeness (QED) is 0.350. The minimum absolute atomic E-state index is 0. The van der Waals surface area contributed by atoms with Gasteiger partial charge in [0, 0.05) is 12.1 Å². The Hall–Kier alpha value is 0.170. The number of amides is 1. The molecule has 0 unspecified atom stereocenters. The van der Waals surface area contributed by atoms with Crippen LogP contribution in [0, 0.1) is 0 Å². The van der Waals surface area contributed by atoms with Crippen LogP contribution in [0.5, 0.6) is 0 Å². The molecule has 0 spiro atoms. The van der Waals surface area contributed by atoms with Crippen LogP contribution in [0.3, 0.4) is 0 Å². The zero-order valence-electron chi connectivity index (χ0n) is 8.48. The molecule has 0 heterocycles. The van der Waals surface area contributed by atoms with Crippen molar-refractivity contribution >= 4 is 5.91 Å². The maximum absolute atomic E-state index is 10.7. The molecule has 0 saturated carbocycles. The fraction of sp³-hybridized carbons (Fsp3) is 0.571. The van der Waals surface area contributed by atoms with E-state index in [1.165, 1.54) is 6.08 Å². The third kappa shape index (κ3) is 6.56. The van der Waals surface area contributed by atoms with Gasteiger partial charge in [-0.2, -0.15) is 0 Å². The van der Waals surface area contributed by atoms with E-state index in [1.807, 2.05) is 13.8 Å². The smallest absolute Gasteiger partial charge is 1.00 e. The standard InChI is InChI=1S/C7H14N2O.Na.H/c1-4-6(10)9-7(2,3)5-8;;/h4H,1,5,8H2,2-3H3,(H,9,10);;/q;+1;-1. The van der Waals surface area contributed by atoms with Crippen LogP contribution in [-0.2, 0) is 4.79 Å². The fourth-order valence-electron chi connectivity index (χ4n) is 0.436. The van der Waals surface area contributed by atoms with Crippen molar-refractivity contribution in [2.24, 2.45) is 5.73 Å². The topological polar surface area (TPSA) is 55.1 Å². The Balaban J connectivity index is -0.000000405. The van der Waals surface area contributed by atoms with Gasteiger partial charge in [0.1, 0.15) is 0 Å². The normalized spacial score (nSPS) is 9.73. The Kier molecular flexibility index (Phi) is 7.21. The van der Waals surface area contributed by atoms with Gasteiger partial charge >= 0.3 is 29.6 Å². The predicted octanol–water partition coefficient (Wildman–Crippen LogP) is -2.86. The number of nitrogens with one attached hydrogen (secondary N) is 1. The summed E-state index contributed by atoms with van der Waals surface area (Å²) >= 11 is 0. The van der Waals surface area contributed by atoms with E-state index >= 15 is 0 Å². The molecule has 60 valence electrons. The van der Waals surface area contributed by atoms with E-state index < -0.39 is 0 Å². The summed E-state index contributed by atoms with van der Waals surface area (Å²) in [5.41, 5.74) is 5.03. The number of hydrogen-bond donors (Lipinski definition) is 2. The molecule has 0 rings (SSSR count). The molecule has 0 aliphatic heterocycles. The fourth-order valence-corrected chi connectivity index (χ4v) is 0.436. The van der Waals surface area contributed by atoms with Gasteiger partial charge in [0.15, 0.2) is 0 Å². The zero-order chi connectivity index (χ0) is 8.20. The maximum Gasteiger partial charge on any atom is 1.00 e. The molecule has 11 heavy (non-hydrogen) atoms. The van der Waals surface area contributed by atoms with E-state index in [-0.39, 0.29) is 42.4 Å². The summed E-state index contributed by atoms with van der Waals surface area (Å²) < 4.78 is 0. The van der Waals surface area contributed by atoms with Gasteiger partial charge in [-0.05, 0) is 19.9 Å². The van der Waals surface area contributed by atoms with Crippen molar-refractivity contribution in [1.29, 1.82) is 0 Å². The molecular weight excluding hydrogens is 151 g/mol. The maximum atomic E-state index is 10.7. The average molecular weight is 166 g/mol. The molecule has 0 aliphatic rings. The third-order valence-corrected chi connectivity index (χ3v) is 1.16. The molecule has 0 fully saturated rings. The Labute approximate surface area is 91.2 Å². The van der Waals surface area contributed by atoms with Crippen molar-refractivity contribution in [2.75, 3.05) is 6.54 Å². The minimum atomic E-state index is -0.328. The van der Waals surface area contributed by atoms with Gasteiger partial charge in [-0.3, -0.25) is 4.79 Å². The first kappa shape index (κ1) is 13.7. The van der Waals surface area contributed by atoms with Gasteiger partial charge < -0.3 is 12.5 Å². The third-order valence-electron chi connectivity index (χ3n) is 1.16. The first-order chi connectivity index (χ1) is 4.52. The Morgan fingerprint density at radius 3 is 2.55 bits per heavy atom. The first-order valence-corrected chi connectivity index (χ1v) is 3.16. The van der Waals surface area contributed by atoms with Crippen LogP contribution in [0.4, 0.5) is 0 Å². The SMILES string of the molecule is C=CC(=O)NC(C)(C)CN.[H-].[Na+]. The van der Waals surface area contributed by atoms with E-state index in [1.54, 1.807) is 0 Å². The van der Waals surface area contributed by atoms with E-state index in [2.05, 4.69) is 11.9 Å². The number of nitrogens with two attached hydrogens (primary N) is 1. The second-order valence-corrected chi connectivity index (χ2v) is 2.78. The molecule has 0 radical (unpaired) electrons. The minimum Gasteiger partial charge on any atom is -1.00 e. The van der Waals surface area contributed by atoms with Crippen LogP contribution in [0.25, 0.3) is 0 Å². The molecule has 0 aliphatic carbocycles. The number of carbonyl (C=O) groups is 1. The monoisotopic (exact) mass is 166 g/mol. The van der Waals surface area contributed by atoms with Crippen molar-refractivity contribution in [3.05, 3.63) is 12.7 Å². The summed E-state index contributed by atoms with van der Waals surface area (Å²) in [5, 5.41) is 2.67. The summed E-state index contributed by atoms with van der Waals surface area (Å²) in [6.45, 7) is 7.46. The number of rotatable bonds is 3. The van der Waals surface area contributed by atoms with Crippen molar-refractivity contribution in [3.8, 4) is 0 Å². The van der Waals surface area contributed by atoms with Crippen LogP contribution in [0.1, 0.15) is 15.3 Å². The molecule has 4 heteroatoms. The molecule has 0 saturated heterocycles. The molecular formula is C7H15N2NaO. The molecule has 0 aromatic carbocycles. The van der Waals surface area contributed by atoms with Gasteiger partial charge in [0.2, 0.25) is 5.91 Å². The Morgan fingerprint density at radius 1 is 1.82 bits per heavy atom. The summed E-state index contributed by atoms with van der Waals surface area (Å²) in [4.78, 5) is 10.7. The van der Waals surface area contributed by atoms with Crippen molar-refractivity contribution in [2.45, 2.75) is 19.4 Å². The number of hydrogen-bond acceptors (Lipinski definition) is 2. The summed E-state index contributed by atoms with van der Waals surface area (Å²) in [6, 6.07) is 0. The van der Waals surface area contributed by atoms with Crippen molar-refractivity contribution in [1.82, 2.24) is 5.32 Å². The summed E-state index contributed by atoms with van der Waals surface area (Å²) in [6.07, 6.45) is 1.23. The van der Waals surface area contributed by atoms with Gasteiger partial charge in [-0.15, -0.1) is 0 Å². The van der Waals surface area contributed by atoms with Crippen molar-refractivity contribution < 1.29 is 35.8 Å². The van der Waals surface area contributed by atoms with Crippen LogP contribution in [-0.4, -0.2) is 18.0 Å². The van der Waals surface area contributed by atoms with Crippen LogP contribution < -0.4 is 40.6 Å². The van der Waals surface area contributed by atoms with Crippen molar-refractivity contribution in [3.63, 3.8) is 0 Å². The second-order valence-electron chi connectivity index (χ2n) is 2.78. The van der Waals surface area contributed by atoms with Crippen LogP contribution in [0.15, 0.2) is 12.7 Å². The van der Waals surface area contributed by atoms with E-state index in [9.17, 15) is 4.79 Å². The summed E-state index contributed by atoms with van der Waals surface area (Å²) in [5.74, 6) is -0.185. The molecule has 0 bridgehead atoms. The predicted molar refractivity (Wildman–Crippen MR) is 42.6 cm³/mol. The Bertz CT molecular complexity index is 150. The molecule has 0 aromatic heterocycles. The second kappa shape index (κ2) is 5.77. The molecule has 1 amide bonds. The van der Waals surface area contributed by atoms with Gasteiger partial charge in [0.25, 0.3) is 0 Å². The zero-order valence-corrected chi connectivity index (χ0v) is 9.48. The van der Waals surface area contributed by atoms with Gasteiger partial charge in [-0.25, -0.2) is 0 Å². The van der Waals surface area contributed by atoms with Gasteiger partial charge in [0.05, 0.1) is 0 Å². The average Bonchev–Trinajstić information content (AvgIpc) is 1.87. The number of carbonyl (C=O) groups excluding carboxylic acids is 1. The van der Waals surface area contributed by atoms with E-state index in [0.717, 1.165) is 0 Å².